The standard InChI is InChI=1S/C23H30N4O3/c1-16-11-17(2)27(24-16)14-18-7-9-25(10-8-18)23(29)19-12-22(28)26(15-19)20-5-4-6-21(13-20)30-3/h4-6,11,13,18-19H,7-10,12,14-15H2,1-3H3/t19-/m1/s1. The van der Waals surface area contributed by atoms with Gasteiger partial charge in [-0.25, -0.2) is 0 Å². The number of amides is 2. The maximum Gasteiger partial charge on any atom is 0.228 e. The molecule has 3 heterocycles. The molecule has 2 saturated heterocycles. The van der Waals surface area contributed by atoms with Crippen LogP contribution in [0.3, 0.4) is 0 Å². The highest BCUT2D eigenvalue weighted by molar-refractivity contribution is 6.00. The van der Waals surface area contributed by atoms with Gasteiger partial charge in [0.05, 0.1) is 18.7 Å². The van der Waals surface area contributed by atoms with Crippen LogP contribution in [0.15, 0.2) is 30.3 Å². The number of rotatable bonds is 5. The van der Waals surface area contributed by atoms with Crippen LogP contribution in [-0.4, -0.2) is 53.2 Å². The van der Waals surface area contributed by atoms with Gasteiger partial charge in [-0.3, -0.25) is 14.3 Å². The number of aromatic nitrogens is 2. The fourth-order valence-corrected chi connectivity index (χ4v) is 4.60. The lowest BCUT2D eigenvalue weighted by Crippen LogP contribution is -2.43. The minimum absolute atomic E-state index is 0.000941. The average Bonchev–Trinajstić information content (AvgIpc) is 3.29. The van der Waals surface area contributed by atoms with Crippen molar-refractivity contribution in [3.63, 3.8) is 0 Å². The van der Waals surface area contributed by atoms with E-state index in [1.807, 2.05) is 36.1 Å². The summed E-state index contributed by atoms with van der Waals surface area (Å²) in [5.74, 6) is 1.08. The van der Waals surface area contributed by atoms with Crippen LogP contribution in [-0.2, 0) is 16.1 Å². The summed E-state index contributed by atoms with van der Waals surface area (Å²) in [7, 11) is 1.61. The fraction of sp³-hybridized carbons (Fsp3) is 0.522. The Morgan fingerprint density at radius 3 is 2.63 bits per heavy atom. The number of ether oxygens (including phenoxy) is 1. The van der Waals surface area contributed by atoms with Crippen LogP contribution >= 0.6 is 0 Å². The zero-order chi connectivity index (χ0) is 21.3. The number of benzene rings is 1. The average molecular weight is 411 g/mol. The molecule has 0 N–H and O–H groups in total. The molecule has 7 nitrogen and oxygen atoms in total. The first-order valence-electron chi connectivity index (χ1n) is 10.7. The largest absolute Gasteiger partial charge is 0.497 e. The first-order valence-corrected chi connectivity index (χ1v) is 10.7. The number of piperidine rings is 1. The second kappa shape index (κ2) is 8.50. The van der Waals surface area contributed by atoms with E-state index in [9.17, 15) is 9.59 Å². The molecule has 2 aliphatic heterocycles. The van der Waals surface area contributed by atoms with Crippen molar-refractivity contribution in [1.82, 2.24) is 14.7 Å². The first kappa shape index (κ1) is 20.4. The monoisotopic (exact) mass is 410 g/mol. The normalized spacial score (nSPS) is 20.1. The third-order valence-corrected chi connectivity index (χ3v) is 6.30. The zero-order valence-corrected chi connectivity index (χ0v) is 18.0. The molecule has 0 radical (unpaired) electrons. The van der Waals surface area contributed by atoms with E-state index in [-0.39, 0.29) is 24.2 Å². The lowest BCUT2D eigenvalue weighted by molar-refractivity contribution is -0.137. The molecule has 1 aromatic heterocycles. The van der Waals surface area contributed by atoms with E-state index in [1.54, 1.807) is 12.0 Å². The van der Waals surface area contributed by atoms with Crippen LogP contribution in [0.25, 0.3) is 0 Å². The molecule has 0 aliphatic carbocycles. The predicted molar refractivity (Wildman–Crippen MR) is 114 cm³/mol. The highest BCUT2D eigenvalue weighted by Crippen LogP contribution is 2.30. The van der Waals surface area contributed by atoms with Crippen molar-refractivity contribution < 1.29 is 14.3 Å². The zero-order valence-electron chi connectivity index (χ0n) is 18.0. The molecule has 30 heavy (non-hydrogen) atoms. The maximum atomic E-state index is 13.1. The van der Waals surface area contributed by atoms with Gasteiger partial charge in [0.1, 0.15) is 5.75 Å². The molecular weight excluding hydrogens is 380 g/mol. The van der Waals surface area contributed by atoms with Gasteiger partial charge in [0.25, 0.3) is 0 Å². The molecule has 7 heteroatoms. The van der Waals surface area contributed by atoms with Gasteiger partial charge in [0, 0.05) is 50.0 Å². The number of aryl methyl sites for hydroxylation is 2. The molecule has 2 aliphatic rings. The Hall–Kier alpha value is -2.83. The molecule has 2 aromatic rings. The Balaban J connectivity index is 1.33. The Bertz CT molecular complexity index is 930. The van der Waals surface area contributed by atoms with Gasteiger partial charge in [-0.1, -0.05) is 6.07 Å². The number of hydrogen-bond donors (Lipinski definition) is 0. The number of likely N-dealkylation sites (tertiary alicyclic amines) is 1. The van der Waals surface area contributed by atoms with E-state index in [1.165, 1.54) is 5.69 Å². The lowest BCUT2D eigenvalue weighted by atomic mass is 9.95. The molecule has 0 unspecified atom stereocenters. The lowest BCUT2D eigenvalue weighted by Gasteiger charge is -2.33. The summed E-state index contributed by atoms with van der Waals surface area (Å²) >= 11 is 0. The van der Waals surface area contributed by atoms with Gasteiger partial charge < -0.3 is 14.5 Å². The van der Waals surface area contributed by atoms with E-state index in [0.717, 1.165) is 43.9 Å². The van der Waals surface area contributed by atoms with Crippen molar-refractivity contribution in [2.24, 2.45) is 11.8 Å². The maximum absolute atomic E-state index is 13.1. The number of hydrogen-bond acceptors (Lipinski definition) is 4. The Labute approximate surface area is 177 Å². The van der Waals surface area contributed by atoms with Crippen LogP contribution in [0, 0.1) is 25.7 Å². The second-order valence-corrected chi connectivity index (χ2v) is 8.48. The van der Waals surface area contributed by atoms with Gasteiger partial charge in [-0.15, -0.1) is 0 Å². The van der Waals surface area contributed by atoms with Crippen LogP contribution in [0.1, 0.15) is 30.7 Å². The van der Waals surface area contributed by atoms with Crippen molar-refractivity contribution >= 4 is 17.5 Å². The van der Waals surface area contributed by atoms with Crippen molar-refractivity contribution in [3.8, 4) is 5.75 Å². The van der Waals surface area contributed by atoms with Gasteiger partial charge in [0.15, 0.2) is 0 Å². The van der Waals surface area contributed by atoms with Crippen LogP contribution in [0.2, 0.25) is 0 Å². The molecular formula is C23H30N4O3. The summed E-state index contributed by atoms with van der Waals surface area (Å²) < 4.78 is 7.34. The smallest absolute Gasteiger partial charge is 0.228 e. The van der Waals surface area contributed by atoms with Crippen LogP contribution in [0.5, 0.6) is 5.75 Å². The van der Waals surface area contributed by atoms with Crippen molar-refractivity contribution in [3.05, 3.63) is 41.7 Å². The number of carbonyl (C=O) groups is 2. The Morgan fingerprint density at radius 1 is 1.20 bits per heavy atom. The first-order chi connectivity index (χ1) is 14.4. The summed E-state index contributed by atoms with van der Waals surface area (Å²) in [5, 5.41) is 4.56. The molecule has 0 spiro atoms. The summed E-state index contributed by atoms with van der Waals surface area (Å²) in [5.41, 5.74) is 3.03. The number of nitrogens with zero attached hydrogens (tertiary/aromatic N) is 4. The highest BCUT2D eigenvalue weighted by atomic mass is 16.5. The fourth-order valence-electron chi connectivity index (χ4n) is 4.60. The minimum Gasteiger partial charge on any atom is -0.497 e. The van der Waals surface area contributed by atoms with Crippen molar-refractivity contribution in [2.75, 3.05) is 31.6 Å². The topological polar surface area (TPSA) is 67.7 Å². The summed E-state index contributed by atoms with van der Waals surface area (Å²) in [6.07, 6.45) is 2.23. The molecule has 2 fully saturated rings. The second-order valence-electron chi connectivity index (χ2n) is 8.48. The number of anilines is 1. The quantitative estimate of drug-likeness (QED) is 0.760. The van der Waals surface area contributed by atoms with Crippen molar-refractivity contribution in [1.29, 1.82) is 0 Å². The third kappa shape index (κ3) is 4.20. The van der Waals surface area contributed by atoms with Crippen molar-refractivity contribution in [2.45, 2.75) is 39.7 Å². The molecule has 0 bridgehead atoms. The molecule has 4 rings (SSSR count). The summed E-state index contributed by atoms with van der Waals surface area (Å²) in [6.45, 7) is 6.97. The SMILES string of the molecule is COc1cccc(N2C[C@H](C(=O)N3CCC(Cn4nc(C)cc4C)CC3)CC2=O)c1. The van der Waals surface area contributed by atoms with E-state index in [4.69, 9.17) is 4.74 Å². The van der Waals surface area contributed by atoms with E-state index < -0.39 is 0 Å². The highest BCUT2D eigenvalue weighted by Gasteiger charge is 2.38. The molecule has 160 valence electrons. The number of methoxy groups -OCH3 is 1. The predicted octanol–water partition coefficient (Wildman–Crippen LogP) is 2.80. The van der Waals surface area contributed by atoms with Gasteiger partial charge in [0.2, 0.25) is 11.8 Å². The summed E-state index contributed by atoms with van der Waals surface area (Å²) in [6, 6.07) is 9.55. The van der Waals surface area contributed by atoms with Gasteiger partial charge in [-0.05, 0) is 50.8 Å². The van der Waals surface area contributed by atoms with Gasteiger partial charge >= 0.3 is 0 Å². The third-order valence-electron chi connectivity index (χ3n) is 6.30. The van der Waals surface area contributed by atoms with E-state index >= 15 is 0 Å². The Morgan fingerprint density at radius 2 is 1.97 bits per heavy atom. The van der Waals surface area contributed by atoms with E-state index in [0.29, 0.717) is 18.2 Å². The molecule has 2 amide bonds. The molecule has 0 saturated carbocycles. The van der Waals surface area contributed by atoms with Crippen LogP contribution in [0.4, 0.5) is 5.69 Å². The minimum atomic E-state index is -0.267. The molecule has 1 atom stereocenters. The molecule has 1 aromatic carbocycles. The van der Waals surface area contributed by atoms with Crippen LogP contribution < -0.4 is 9.64 Å². The van der Waals surface area contributed by atoms with Gasteiger partial charge in [-0.2, -0.15) is 5.10 Å². The Kier molecular flexibility index (Phi) is 5.79. The summed E-state index contributed by atoms with van der Waals surface area (Å²) in [4.78, 5) is 29.3. The van der Waals surface area contributed by atoms with E-state index in [2.05, 4.69) is 22.8 Å². The number of carbonyl (C=O) groups excluding carboxylic acids is 2.